The molecule has 10 heteroatoms. The molecule has 1 rings (SSSR count). The fourth-order valence-electron chi connectivity index (χ4n) is 3.91. The summed E-state index contributed by atoms with van der Waals surface area (Å²) in [7, 11) is 0. The van der Waals surface area contributed by atoms with Crippen LogP contribution in [0.25, 0.3) is 0 Å². The summed E-state index contributed by atoms with van der Waals surface area (Å²) in [5, 5.41) is 5.54. The summed E-state index contributed by atoms with van der Waals surface area (Å²) in [6.07, 6.45) is 1.62. The lowest BCUT2D eigenvalue weighted by Crippen LogP contribution is -2.55. The Balaban J connectivity index is 3.44. The van der Waals surface area contributed by atoms with Crippen molar-refractivity contribution >= 4 is 35.6 Å². The maximum Gasteiger partial charge on any atom is 0.408 e. The van der Waals surface area contributed by atoms with Crippen LogP contribution in [0.3, 0.4) is 0 Å². The number of amides is 3. The first kappa shape index (κ1) is 33.3. The SMILES string of the molecule is CCOC(=O)CCNC(=O)C(c1cccc(C)c1C)N(C(=O)C(CCSC)NC(=O)OC(C)(C)C)C(C)C. The van der Waals surface area contributed by atoms with E-state index >= 15 is 0 Å². The molecule has 2 unspecified atom stereocenters. The molecule has 0 saturated carbocycles. The Labute approximate surface area is 231 Å². The number of rotatable bonds is 13. The van der Waals surface area contributed by atoms with E-state index in [4.69, 9.17) is 9.47 Å². The third-order valence-corrected chi connectivity index (χ3v) is 6.46. The maximum atomic E-state index is 14.1. The Kier molecular flexibility index (Phi) is 13.7. The highest BCUT2D eigenvalue weighted by Crippen LogP contribution is 2.29. The van der Waals surface area contributed by atoms with E-state index in [1.807, 2.05) is 52.1 Å². The highest BCUT2D eigenvalue weighted by molar-refractivity contribution is 7.98. The summed E-state index contributed by atoms with van der Waals surface area (Å²) in [6.45, 7) is 14.8. The predicted octanol–water partition coefficient (Wildman–Crippen LogP) is 4.30. The molecule has 214 valence electrons. The average molecular weight is 552 g/mol. The molecular formula is C28H45N3O6S. The molecule has 0 aromatic heterocycles. The smallest absolute Gasteiger partial charge is 0.408 e. The molecule has 2 atom stereocenters. The van der Waals surface area contributed by atoms with Crippen LogP contribution in [0.1, 0.15) is 77.1 Å². The lowest BCUT2D eigenvalue weighted by molar-refractivity contribution is -0.145. The van der Waals surface area contributed by atoms with Crippen molar-refractivity contribution in [1.29, 1.82) is 0 Å². The Bertz CT molecular complexity index is 960. The average Bonchev–Trinajstić information content (AvgIpc) is 2.80. The molecule has 1 aromatic carbocycles. The first-order valence-electron chi connectivity index (χ1n) is 13.0. The lowest BCUT2D eigenvalue weighted by atomic mass is 9.94. The number of aryl methyl sites for hydroxylation is 1. The van der Waals surface area contributed by atoms with Gasteiger partial charge in [0, 0.05) is 12.6 Å². The van der Waals surface area contributed by atoms with Gasteiger partial charge in [0.05, 0.1) is 13.0 Å². The Morgan fingerprint density at radius 3 is 2.32 bits per heavy atom. The van der Waals surface area contributed by atoms with Gasteiger partial charge in [-0.3, -0.25) is 14.4 Å². The highest BCUT2D eigenvalue weighted by atomic mass is 32.2. The molecule has 0 heterocycles. The van der Waals surface area contributed by atoms with Crippen molar-refractivity contribution < 1.29 is 28.7 Å². The van der Waals surface area contributed by atoms with Crippen LogP contribution in [0.4, 0.5) is 4.79 Å². The summed E-state index contributed by atoms with van der Waals surface area (Å²) in [5.41, 5.74) is 1.82. The van der Waals surface area contributed by atoms with Crippen molar-refractivity contribution in [3.8, 4) is 0 Å². The van der Waals surface area contributed by atoms with Crippen molar-refractivity contribution in [3.05, 3.63) is 34.9 Å². The first-order chi connectivity index (χ1) is 17.7. The third kappa shape index (κ3) is 10.6. The van der Waals surface area contributed by atoms with Crippen LogP contribution in [0.15, 0.2) is 18.2 Å². The van der Waals surface area contributed by atoms with Gasteiger partial charge in [-0.1, -0.05) is 18.2 Å². The Morgan fingerprint density at radius 2 is 1.76 bits per heavy atom. The number of thioether (sulfide) groups is 1. The summed E-state index contributed by atoms with van der Waals surface area (Å²) in [6, 6.07) is 3.39. The molecule has 0 aliphatic heterocycles. The number of hydrogen-bond donors (Lipinski definition) is 2. The molecule has 0 radical (unpaired) electrons. The molecular weight excluding hydrogens is 506 g/mol. The van der Waals surface area contributed by atoms with Crippen LogP contribution in [-0.2, 0) is 23.9 Å². The molecule has 0 fully saturated rings. The topological polar surface area (TPSA) is 114 Å². The van der Waals surface area contributed by atoms with Crippen molar-refractivity contribution in [3.63, 3.8) is 0 Å². The standard InChI is InChI=1S/C28H45N3O6S/c1-10-36-23(32)14-16-29-25(33)24(21-13-11-12-19(4)20(21)5)31(18(2)3)26(34)22(15-17-38-9)30-27(35)37-28(6,7)8/h11-13,18,22,24H,10,14-17H2,1-9H3,(H,29,33)(H,30,35). The quantitative estimate of drug-likeness (QED) is 0.352. The number of nitrogens with one attached hydrogen (secondary N) is 2. The number of benzene rings is 1. The van der Waals surface area contributed by atoms with Gasteiger partial charge in [-0.15, -0.1) is 0 Å². The molecule has 0 aliphatic rings. The molecule has 9 nitrogen and oxygen atoms in total. The molecule has 38 heavy (non-hydrogen) atoms. The van der Waals surface area contributed by atoms with E-state index in [1.165, 1.54) is 4.90 Å². The van der Waals surface area contributed by atoms with E-state index in [-0.39, 0.29) is 31.5 Å². The second-order valence-electron chi connectivity index (χ2n) is 10.4. The van der Waals surface area contributed by atoms with E-state index in [0.29, 0.717) is 17.7 Å². The molecule has 0 aliphatic carbocycles. The molecule has 0 saturated heterocycles. The van der Waals surface area contributed by atoms with E-state index < -0.39 is 35.7 Å². The zero-order valence-electron chi connectivity index (χ0n) is 24.3. The Hall–Kier alpha value is -2.75. The van der Waals surface area contributed by atoms with Crippen molar-refractivity contribution in [1.82, 2.24) is 15.5 Å². The van der Waals surface area contributed by atoms with Crippen LogP contribution in [0, 0.1) is 13.8 Å². The fourth-order valence-corrected chi connectivity index (χ4v) is 4.38. The largest absolute Gasteiger partial charge is 0.466 e. The highest BCUT2D eigenvalue weighted by Gasteiger charge is 2.38. The van der Waals surface area contributed by atoms with E-state index in [2.05, 4.69) is 10.6 Å². The summed E-state index contributed by atoms with van der Waals surface area (Å²) in [5.74, 6) is -0.582. The number of carbonyl (C=O) groups is 4. The van der Waals surface area contributed by atoms with Crippen LogP contribution in [-0.4, -0.2) is 71.6 Å². The van der Waals surface area contributed by atoms with E-state index in [1.54, 1.807) is 39.5 Å². The summed E-state index contributed by atoms with van der Waals surface area (Å²) < 4.78 is 10.4. The van der Waals surface area contributed by atoms with Gasteiger partial charge in [0.15, 0.2) is 0 Å². The number of nitrogens with zero attached hydrogens (tertiary/aromatic N) is 1. The zero-order chi connectivity index (χ0) is 29.0. The van der Waals surface area contributed by atoms with E-state index in [0.717, 1.165) is 11.1 Å². The minimum absolute atomic E-state index is 0.0191. The predicted molar refractivity (Wildman–Crippen MR) is 151 cm³/mol. The molecule has 1 aromatic rings. The number of ether oxygens (including phenoxy) is 2. The molecule has 2 N–H and O–H groups in total. The second-order valence-corrected chi connectivity index (χ2v) is 11.3. The lowest BCUT2D eigenvalue weighted by Gasteiger charge is -2.38. The van der Waals surface area contributed by atoms with Crippen molar-refractivity contribution in [2.45, 2.75) is 92.0 Å². The van der Waals surface area contributed by atoms with Crippen LogP contribution in [0.2, 0.25) is 0 Å². The number of hydrogen-bond acceptors (Lipinski definition) is 7. The maximum absolute atomic E-state index is 14.1. The van der Waals surface area contributed by atoms with Gasteiger partial charge in [0.25, 0.3) is 0 Å². The van der Waals surface area contributed by atoms with Gasteiger partial charge in [-0.25, -0.2) is 4.79 Å². The van der Waals surface area contributed by atoms with Gasteiger partial charge < -0.3 is 25.0 Å². The summed E-state index contributed by atoms with van der Waals surface area (Å²) >= 11 is 1.55. The van der Waals surface area contributed by atoms with Gasteiger partial charge in [-0.05, 0) is 90.5 Å². The van der Waals surface area contributed by atoms with Gasteiger partial charge in [0.2, 0.25) is 11.8 Å². The number of alkyl carbamates (subject to hydrolysis) is 1. The molecule has 0 spiro atoms. The molecule has 0 bridgehead atoms. The zero-order valence-corrected chi connectivity index (χ0v) is 25.1. The fraction of sp³-hybridized carbons (Fsp3) is 0.643. The first-order valence-corrected chi connectivity index (χ1v) is 14.4. The molecule has 3 amide bonds. The number of esters is 1. The van der Waals surface area contributed by atoms with Gasteiger partial charge >= 0.3 is 12.1 Å². The minimum Gasteiger partial charge on any atom is -0.466 e. The van der Waals surface area contributed by atoms with Crippen LogP contribution < -0.4 is 10.6 Å². The minimum atomic E-state index is -0.971. The van der Waals surface area contributed by atoms with Gasteiger partial charge in [0.1, 0.15) is 17.7 Å². The Morgan fingerprint density at radius 1 is 1.11 bits per heavy atom. The number of carbonyl (C=O) groups excluding carboxylic acids is 4. The van der Waals surface area contributed by atoms with Crippen molar-refractivity contribution in [2.75, 3.05) is 25.2 Å². The monoisotopic (exact) mass is 551 g/mol. The summed E-state index contributed by atoms with van der Waals surface area (Å²) in [4.78, 5) is 53.7. The third-order valence-electron chi connectivity index (χ3n) is 5.81. The van der Waals surface area contributed by atoms with Crippen LogP contribution in [0.5, 0.6) is 0 Å². The van der Waals surface area contributed by atoms with Gasteiger partial charge in [-0.2, -0.15) is 11.8 Å². The second kappa shape index (κ2) is 15.6. The van der Waals surface area contributed by atoms with E-state index in [9.17, 15) is 19.2 Å². The normalized spacial score (nSPS) is 12.9. The van der Waals surface area contributed by atoms with Crippen molar-refractivity contribution in [2.24, 2.45) is 0 Å². The van der Waals surface area contributed by atoms with Crippen LogP contribution >= 0.6 is 11.8 Å².